The molecule has 2 aromatic carbocycles. The van der Waals surface area contributed by atoms with Crippen LogP contribution in [0.15, 0.2) is 47.6 Å². The fraction of sp³-hybridized carbons (Fsp3) is 0.188. The quantitative estimate of drug-likeness (QED) is 0.383. The molecule has 0 aromatic heterocycles. The zero-order valence-corrected chi connectivity index (χ0v) is 12.0. The number of hydrogen-bond donors (Lipinski definition) is 2. The van der Waals surface area contributed by atoms with Crippen molar-refractivity contribution in [1.82, 2.24) is 0 Å². The van der Waals surface area contributed by atoms with Gasteiger partial charge >= 0.3 is 0 Å². The normalized spacial score (nSPS) is 11.2. The van der Waals surface area contributed by atoms with Crippen LogP contribution in [0.5, 0.6) is 17.2 Å². The van der Waals surface area contributed by atoms with Gasteiger partial charge in [0.05, 0.1) is 12.2 Å². The summed E-state index contributed by atoms with van der Waals surface area (Å²) in [4.78, 5) is 0. The number of benzene rings is 2. The Hall–Kier alpha value is -2.69. The molecule has 0 amide bonds. The summed E-state index contributed by atoms with van der Waals surface area (Å²) in [5.41, 5.74) is 7.12. The van der Waals surface area contributed by atoms with Crippen LogP contribution in [0, 0.1) is 6.92 Å². The van der Waals surface area contributed by atoms with Crippen molar-refractivity contribution in [2.24, 2.45) is 10.9 Å². The SMILES string of the molecule is CCOc1cccc(Oc2c(C)cccc2/C(N)=N/O)c1. The molecule has 5 heteroatoms. The van der Waals surface area contributed by atoms with Gasteiger partial charge in [-0.2, -0.15) is 0 Å². The molecular weight excluding hydrogens is 268 g/mol. The topological polar surface area (TPSA) is 77.1 Å². The van der Waals surface area contributed by atoms with E-state index in [1.807, 2.05) is 44.2 Å². The molecule has 110 valence electrons. The number of nitrogens with zero attached hydrogens (tertiary/aromatic N) is 1. The number of nitrogens with two attached hydrogens (primary N) is 1. The van der Waals surface area contributed by atoms with Gasteiger partial charge in [-0.25, -0.2) is 0 Å². The number of aryl methyl sites for hydroxylation is 1. The number of oxime groups is 1. The highest BCUT2D eigenvalue weighted by molar-refractivity contribution is 6.00. The van der Waals surface area contributed by atoms with Crippen molar-refractivity contribution in [1.29, 1.82) is 0 Å². The Balaban J connectivity index is 2.37. The third kappa shape index (κ3) is 3.45. The molecule has 0 fully saturated rings. The molecule has 21 heavy (non-hydrogen) atoms. The Morgan fingerprint density at radius 2 is 1.90 bits per heavy atom. The monoisotopic (exact) mass is 286 g/mol. The summed E-state index contributed by atoms with van der Waals surface area (Å²) >= 11 is 0. The van der Waals surface area contributed by atoms with E-state index in [1.54, 1.807) is 12.1 Å². The van der Waals surface area contributed by atoms with Crippen LogP contribution >= 0.6 is 0 Å². The van der Waals surface area contributed by atoms with E-state index in [0.29, 0.717) is 23.7 Å². The molecule has 0 saturated carbocycles. The van der Waals surface area contributed by atoms with Crippen molar-refractivity contribution in [2.75, 3.05) is 6.61 Å². The zero-order valence-electron chi connectivity index (χ0n) is 12.0. The van der Waals surface area contributed by atoms with Gasteiger partial charge in [0.1, 0.15) is 17.2 Å². The van der Waals surface area contributed by atoms with Crippen molar-refractivity contribution < 1.29 is 14.7 Å². The molecule has 0 heterocycles. The molecule has 2 aromatic rings. The van der Waals surface area contributed by atoms with Gasteiger partial charge in [-0.1, -0.05) is 23.4 Å². The second-order valence-electron chi connectivity index (χ2n) is 4.45. The van der Waals surface area contributed by atoms with Crippen LogP contribution < -0.4 is 15.2 Å². The van der Waals surface area contributed by atoms with E-state index in [-0.39, 0.29) is 5.84 Å². The van der Waals surface area contributed by atoms with Crippen molar-refractivity contribution in [3.63, 3.8) is 0 Å². The highest BCUT2D eigenvalue weighted by Gasteiger charge is 2.12. The molecule has 0 unspecified atom stereocenters. The highest BCUT2D eigenvalue weighted by Crippen LogP contribution is 2.30. The number of rotatable bonds is 5. The van der Waals surface area contributed by atoms with Gasteiger partial charge in [-0.15, -0.1) is 0 Å². The first-order valence-corrected chi connectivity index (χ1v) is 6.64. The molecule has 0 spiro atoms. The lowest BCUT2D eigenvalue weighted by Gasteiger charge is -2.13. The smallest absolute Gasteiger partial charge is 0.173 e. The fourth-order valence-electron chi connectivity index (χ4n) is 1.96. The van der Waals surface area contributed by atoms with Crippen molar-refractivity contribution in [2.45, 2.75) is 13.8 Å². The molecule has 0 aliphatic rings. The van der Waals surface area contributed by atoms with Crippen molar-refractivity contribution in [3.05, 3.63) is 53.6 Å². The van der Waals surface area contributed by atoms with Gasteiger partial charge in [0.2, 0.25) is 0 Å². The standard InChI is InChI=1S/C16H18N2O3/c1-3-20-12-7-5-8-13(10-12)21-15-11(2)6-4-9-14(15)16(17)18-19/h4-10,19H,3H2,1-2H3,(H2,17,18). The first-order valence-electron chi connectivity index (χ1n) is 6.64. The molecule has 0 atom stereocenters. The second kappa shape index (κ2) is 6.65. The molecule has 2 rings (SSSR count). The van der Waals surface area contributed by atoms with Gasteiger partial charge in [0, 0.05) is 6.07 Å². The minimum absolute atomic E-state index is 0.00895. The van der Waals surface area contributed by atoms with E-state index in [9.17, 15) is 0 Å². The summed E-state index contributed by atoms with van der Waals surface area (Å²) in [6, 6.07) is 12.8. The number of ether oxygens (including phenoxy) is 2. The van der Waals surface area contributed by atoms with E-state index < -0.39 is 0 Å². The predicted octanol–water partition coefficient (Wildman–Crippen LogP) is 3.28. The Morgan fingerprint density at radius 1 is 1.19 bits per heavy atom. The molecule has 0 aliphatic heterocycles. The van der Waals surface area contributed by atoms with Gasteiger partial charge in [-0.05, 0) is 37.6 Å². The van der Waals surface area contributed by atoms with Crippen LogP contribution in [0.1, 0.15) is 18.1 Å². The minimum atomic E-state index is 0.00895. The maximum absolute atomic E-state index is 8.87. The second-order valence-corrected chi connectivity index (χ2v) is 4.45. The van der Waals surface area contributed by atoms with E-state index >= 15 is 0 Å². The third-order valence-corrected chi connectivity index (χ3v) is 2.93. The van der Waals surface area contributed by atoms with Crippen LogP contribution in [-0.4, -0.2) is 17.6 Å². The number of hydrogen-bond acceptors (Lipinski definition) is 4. The summed E-state index contributed by atoms with van der Waals surface area (Å²) < 4.78 is 11.3. The molecule has 0 saturated heterocycles. The summed E-state index contributed by atoms with van der Waals surface area (Å²) in [7, 11) is 0. The predicted molar refractivity (Wildman–Crippen MR) is 81.4 cm³/mol. The van der Waals surface area contributed by atoms with Gasteiger partial charge in [-0.3, -0.25) is 0 Å². The third-order valence-electron chi connectivity index (χ3n) is 2.93. The lowest BCUT2D eigenvalue weighted by molar-refractivity contribution is 0.318. The van der Waals surface area contributed by atoms with E-state index in [2.05, 4.69) is 5.16 Å². The first kappa shape index (κ1) is 14.7. The first-order chi connectivity index (χ1) is 10.2. The van der Waals surface area contributed by atoms with Crippen LogP contribution in [0.25, 0.3) is 0 Å². The molecule has 0 aliphatic carbocycles. The number of amidine groups is 1. The average molecular weight is 286 g/mol. The Bertz CT molecular complexity index is 654. The molecular formula is C16H18N2O3. The largest absolute Gasteiger partial charge is 0.494 e. The summed E-state index contributed by atoms with van der Waals surface area (Å²) in [5.74, 6) is 1.92. The minimum Gasteiger partial charge on any atom is -0.494 e. The van der Waals surface area contributed by atoms with E-state index in [1.165, 1.54) is 0 Å². The number of para-hydroxylation sites is 1. The van der Waals surface area contributed by atoms with Crippen molar-refractivity contribution in [3.8, 4) is 17.2 Å². The van der Waals surface area contributed by atoms with E-state index in [0.717, 1.165) is 11.3 Å². The van der Waals surface area contributed by atoms with Crippen LogP contribution in [0.3, 0.4) is 0 Å². The Labute approximate surface area is 123 Å². The highest BCUT2D eigenvalue weighted by atomic mass is 16.5. The molecule has 3 N–H and O–H groups in total. The lowest BCUT2D eigenvalue weighted by atomic mass is 10.1. The van der Waals surface area contributed by atoms with E-state index in [4.69, 9.17) is 20.4 Å². The average Bonchev–Trinajstić information content (AvgIpc) is 2.49. The summed E-state index contributed by atoms with van der Waals surface area (Å²) in [6.45, 7) is 4.41. The van der Waals surface area contributed by atoms with Crippen LogP contribution in [-0.2, 0) is 0 Å². The van der Waals surface area contributed by atoms with Crippen molar-refractivity contribution >= 4 is 5.84 Å². The van der Waals surface area contributed by atoms with Gasteiger partial charge in [0.15, 0.2) is 5.84 Å². The van der Waals surface area contributed by atoms with Gasteiger partial charge in [0.25, 0.3) is 0 Å². The fourth-order valence-corrected chi connectivity index (χ4v) is 1.96. The Morgan fingerprint density at radius 3 is 2.62 bits per heavy atom. The lowest BCUT2D eigenvalue weighted by Crippen LogP contribution is -2.14. The summed E-state index contributed by atoms with van der Waals surface area (Å²) in [5, 5.41) is 11.9. The zero-order chi connectivity index (χ0) is 15.2. The van der Waals surface area contributed by atoms with Crippen LogP contribution in [0.2, 0.25) is 0 Å². The maximum atomic E-state index is 8.87. The molecule has 5 nitrogen and oxygen atoms in total. The van der Waals surface area contributed by atoms with Crippen LogP contribution in [0.4, 0.5) is 0 Å². The molecule has 0 bridgehead atoms. The Kier molecular flexibility index (Phi) is 4.66. The van der Waals surface area contributed by atoms with Gasteiger partial charge < -0.3 is 20.4 Å². The molecule has 0 radical (unpaired) electrons. The summed E-state index contributed by atoms with van der Waals surface area (Å²) in [6.07, 6.45) is 0. The maximum Gasteiger partial charge on any atom is 0.173 e.